The average molecular weight is 288 g/mol. The maximum atomic E-state index is 6.63. The quantitative estimate of drug-likeness (QED) is 0.619. The molecule has 6 atom stereocenters. The van der Waals surface area contributed by atoms with Crippen LogP contribution in [0.15, 0.2) is 23.3 Å². The zero-order valence-electron chi connectivity index (χ0n) is 14.5. The molecule has 2 saturated heterocycles. The first-order valence-electron chi connectivity index (χ1n) is 8.90. The highest BCUT2D eigenvalue weighted by atomic mass is 16.5. The van der Waals surface area contributed by atoms with Gasteiger partial charge in [0.05, 0.1) is 11.7 Å². The van der Waals surface area contributed by atoms with Crippen LogP contribution in [0.3, 0.4) is 0 Å². The topological polar surface area (TPSA) is 9.23 Å². The maximum Gasteiger partial charge on any atom is 0.0696 e. The Bertz CT molecular complexity index is 456. The molecule has 0 saturated carbocycles. The van der Waals surface area contributed by atoms with E-state index in [1.807, 2.05) is 0 Å². The first kappa shape index (κ1) is 15.3. The predicted octanol–water partition coefficient (Wildman–Crippen LogP) is 5.52. The second-order valence-corrected chi connectivity index (χ2v) is 8.25. The molecule has 2 aliphatic heterocycles. The van der Waals surface area contributed by atoms with E-state index in [4.69, 9.17) is 4.74 Å². The Kier molecular flexibility index (Phi) is 4.07. The molecule has 21 heavy (non-hydrogen) atoms. The van der Waals surface area contributed by atoms with Gasteiger partial charge in [-0.05, 0) is 71.6 Å². The Balaban J connectivity index is 1.71. The van der Waals surface area contributed by atoms with E-state index < -0.39 is 0 Å². The summed E-state index contributed by atoms with van der Waals surface area (Å²) in [4.78, 5) is 0. The molecule has 118 valence electrons. The van der Waals surface area contributed by atoms with Crippen LogP contribution in [0.25, 0.3) is 0 Å². The second kappa shape index (κ2) is 5.57. The number of hydrogen-bond donors (Lipinski definition) is 0. The van der Waals surface area contributed by atoms with Gasteiger partial charge in [-0.15, -0.1) is 0 Å². The van der Waals surface area contributed by atoms with Gasteiger partial charge in [0.15, 0.2) is 0 Å². The van der Waals surface area contributed by atoms with E-state index in [1.165, 1.54) is 37.7 Å². The molecule has 0 amide bonds. The molecule has 1 nitrogen and oxygen atoms in total. The molecule has 3 aliphatic rings. The summed E-state index contributed by atoms with van der Waals surface area (Å²) in [6.07, 6.45) is 11.8. The molecule has 0 aromatic heterocycles. The molecule has 0 aromatic carbocycles. The van der Waals surface area contributed by atoms with Crippen LogP contribution in [0.2, 0.25) is 0 Å². The van der Waals surface area contributed by atoms with E-state index >= 15 is 0 Å². The predicted molar refractivity (Wildman–Crippen MR) is 89.2 cm³/mol. The summed E-state index contributed by atoms with van der Waals surface area (Å²) < 4.78 is 6.63. The fraction of sp³-hybridized carbons (Fsp3) is 0.800. The van der Waals surface area contributed by atoms with Crippen molar-refractivity contribution in [1.29, 1.82) is 0 Å². The van der Waals surface area contributed by atoms with E-state index in [2.05, 4.69) is 46.8 Å². The van der Waals surface area contributed by atoms with Crippen molar-refractivity contribution in [2.75, 3.05) is 0 Å². The minimum Gasteiger partial charge on any atom is -0.371 e. The van der Waals surface area contributed by atoms with Gasteiger partial charge in [-0.25, -0.2) is 0 Å². The number of rotatable bonds is 4. The van der Waals surface area contributed by atoms with Crippen LogP contribution in [0, 0.1) is 23.7 Å². The third-order valence-electron chi connectivity index (χ3n) is 6.50. The summed E-state index contributed by atoms with van der Waals surface area (Å²) in [7, 11) is 0. The lowest BCUT2D eigenvalue weighted by Gasteiger charge is -2.40. The van der Waals surface area contributed by atoms with Crippen molar-refractivity contribution in [3.8, 4) is 0 Å². The standard InChI is InChI=1S/C20H32O/c1-13(2)7-6-8-14(3)16-11-12-20(5)17-10-9-15(4)18(17)19(16)21-20/h7,9,14,16-19H,6,8,10-12H2,1-5H3/t14-,16+,17-,18-,19+,20-/m1/s1. The largest absolute Gasteiger partial charge is 0.371 e. The van der Waals surface area contributed by atoms with Gasteiger partial charge in [-0.1, -0.05) is 30.2 Å². The van der Waals surface area contributed by atoms with Gasteiger partial charge in [0.1, 0.15) is 0 Å². The third kappa shape index (κ3) is 2.63. The zero-order valence-corrected chi connectivity index (χ0v) is 14.5. The normalized spacial score (nSPS) is 42.4. The Morgan fingerprint density at radius 3 is 2.95 bits per heavy atom. The fourth-order valence-corrected chi connectivity index (χ4v) is 5.17. The molecule has 0 unspecified atom stereocenters. The Labute approximate surface area is 130 Å². The van der Waals surface area contributed by atoms with Crippen molar-refractivity contribution in [2.45, 2.75) is 78.4 Å². The van der Waals surface area contributed by atoms with Gasteiger partial charge >= 0.3 is 0 Å². The van der Waals surface area contributed by atoms with Crippen LogP contribution in [0.1, 0.15) is 66.7 Å². The molecule has 0 aromatic rings. The Hall–Kier alpha value is -0.560. The van der Waals surface area contributed by atoms with Crippen LogP contribution >= 0.6 is 0 Å². The summed E-state index contributed by atoms with van der Waals surface area (Å²) in [6, 6.07) is 0. The highest BCUT2D eigenvalue weighted by Gasteiger charge is 2.58. The monoisotopic (exact) mass is 288 g/mol. The van der Waals surface area contributed by atoms with Crippen molar-refractivity contribution in [2.24, 2.45) is 23.7 Å². The van der Waals surface area contributed by atoms with Gasteiger partial charge < -0.3 is 4.74 Å². The summed E-state index contributed by atoms with van der Waals surface area (Å²) in [6.45, 7) is 11.6. The van der Waals surface area contributed by atoms with Crippen molar-refractivity contribution in [3.05, 3.63) is 23.3 Å². The molecule has 2 bridgehead atoms. The van der Waals surface area contributed by atoms with Crippen LogP contribution < -0.4 is 0 Å². The molecular formula is C20H32O. The third-order valence-corrected chi connectivity index (χ3v) is 6.50. The highest BCUT2D eigenvalue weighted by molar-refractivity contribution is 5.23. The number of ether oxygens (including phenoxy) is 1. The smallest absolute Gasteiger partial charge is 0.0696 e. The lowest BCUT2D eigenvalue weighted by atomic mass is 9.77. The SMILES string of the molecule is CC(C)=CCC[C@@H](C)[C@@H]1CC[C@@]2(C)O[C@@H]1[C@@H]1C(C)=CC[C@H]12. The average Bonchev–Trinajstić information content (AvgIpc) is 2.89. The Morgan fingerprint density at radius 1 is 1.48 bits per heavy atom. The van der Waals surface area contributed by atoms with Crippen molar-refractivity contribution in [3.63, 3.8) is 0 Å². The second-order valence-electron chi connectivity index (χ2n) is 8.25. The fourth-order valence-electron chi connectivity index (χ4n) is 5.17. The minimum absolute atomic E-state index is 0.166. The molecular weight excluding hydrogens is 256 g/mol. The first-order chi connectivity index (χ1) is 9.92. The van der Waals surface area contributed by atoms with Gasteiger partial charge in [-0.3, -0.25) is 0 Å². The molecule has 3 rings (SSSR count). The number of fused-ring (bicyclic) bond motifs is 5. The van der Waals surface area contributed by atoms with Crippen molar-refractivity contribution in [1.82, 2.24) is 0 Å². The minimum atomic E-state index is 0.166. The van der Waals surface area contributed by atoms with E-state index in [0.29, 0.717) is 12.0 Å². The molecule has 2 heterocycles. The first-order valence-corrected chi connectivity index (χ1v) is 8.90. The van der Waals surface area contributed by atoms with E-state index in [0.717, 1.165) is 17.8 Å². The van der Waals surface area contributed by atoms with E-state index in [-0.39, 0.29) is 5.60 Å². The molecule has 0 spiro atoms. The summed E-state index contributed by atoms with van der Waals surface area (Å²) >= 11 is 0. The van der Waals surface area contributed by atoms with Gasteiger partial charge in [0, 0.05) is 11.8 Å². The molecule has 2 fully saturated rings. The molecule has 0 radical (unpaired) electrons. The lowest BCUT2D eigenvalue weighted by molar-refractivity contribution is -0.118. The number of allylic oxidation sites excluding steroid dienone is 3. The van der Waals surface area contributed by atoms with Crippen molar-refractivity contribution < 1.29 is 4.74 Å². The summed E-state index contributed by atoms with van der Waals surface area (Å²) in [5.74, 6) is 3.02. The summed E-state index contributed by atoms with van der Waals surface area (Å²) in [5.41, 5.74) is 3.22. The van der Waals surface area contributed by atoms with Crippen LogP contribution in [0.4, 0.5) is 0 Å². The molecule has 1 heteroatoms. The number of hydrogen-bond acceptors (Lipinski definition) is 1. The van der Waals surface area contributed by atoms with Crippen LogP contribution in [-0.4, -0.2) is 11.7 Å². The maximum absolute atomic E-state index is 6.63. The zero-order chi connectivity index (χ0) is 15.2. The highest BCUT2D eigenvalue weighted by Crippen LogP contribution is 2.58. The van der Waals surface area contributed by atoms with Gasteiger partial charge in [-0.2, -0.15) is 0 Å². The lowest BCUT2D eigenvalue weighted by Crippen LogP contribution is -2.40. The molecule has 1 aliphatic carbocycles. The Morgan fingerprint density at radius 2 is 2.24 bits per heavy atom. The van der Waals surface area contributed by atoms with Crippen LogP contribution in [-0.2, 0) is 4.74 Å². The molecule has 0 N–H and O–H groups in total. The summed E-state index contributed by atoms with van der Waals surface area (Å²) in [5, 5.41) is 0. The van der Waals surface area contributed by atoms with Crippen LogP contribution in [0.5, 0.6) is 0 Å². The van der Waals surface area contributed by atoms with Crippen molar-refractivity contribution >= 4 is 0 Å². The van der Waals surface area contributed by atoms with E-state index in [9.17, 15) is 0 Å². The van der Waals surface area contributed by atoms with Gasteiger partial charge in [0.2, 0.25) is 0 Å². The van der Waals surface area contributed by atoms with E-state index in [1.54, 1.807) is 5.57 Å². The van der Waals surface area contributed by atoms with Gasteiger partial charge in [0.25, 0.3) is 0 Å².